The average Bonchev–Trinajstić information content (AvgIpc) is 3.22. The minimum atomic E-state index is -1.00. The standard InChI is InChI=1S/C25H33BrFN3O4.C11H14O2.C10H14BrFN2O.CH3F/c1-25(2,3)34-24(32)29-20(12-11-17-9-7-6-8-10-17)23(31)28-21-16-19(27)18(26)15-22(21)33-14-13-30(4)5;1-9(11(12)13)7-8-10-5-3-2-4-6-10;1-14(2)3-4-15-10-5-7(11)8(12)6-9(10)13;1-2/h6-10,15-16,20H,11-14H2,1-5H3,(H,28,31)(H,29,32);2-6,9H,7-8H2,1H3,(H,12,13);5-6H,3-4,13H2,1-2H3;1H3/t20-;9-;;/m11../s1/i;;;1D. The molecular weight excluding hydrogens is 963 g/mol. The number of alkyl carbamates (subject to hydrolysis) is 1. The highest BCUT2D eigenvalue weighted by Crippen LogP contribution is 2.32. The van der Waals surface area contributed by atoms with E-state index in [0.29, 0.717) is 60.7 Å². The Balaban J connectivity index is 0.000000556. The molecule has 2 amide bonds. The quantitative estimate of drug-likeness (QED) is 0.0708. The lowest BCUT2D eigenvalue weighted by molar-refractivity contribution is -0.141. The number of carbonyl (C=O) groups is 3. The van der Waals surface area contributed by atoms with Crippen molar-refractivity contribution in [1.29, 1.82) is 0 Å². The van der Waals surface area contributed by atoms with Gasteiger partial charge in [-0.05, 0) is 130 Å². The molecule has 2 atom stereocenters. The number of nitrogens with one attached hydrogen (secondary N) is 2. The second kappa shape index (κ2) is 30.3. The van der Waals surface area contributed by atoms with Crippen LogP contribution in [0.15, 0.2) is 93.9 Å². The first-order valence-electron chi connectivity index (χ1n) is 21.0. The SMILES string of the molecule is CN(C)CCOc1cc(Br)c(F)cc1N.CN(C)CCOc1cc(Br)c(F)cc1NC(=O)[C@@H](CCc1ccccc1)NC(=O)OC(C)(C)C.C[C@H](CCc1ccccc1)C(=O)O.[2H]CF. The molecule has 0 saturated heterocycles. The fraction of sp³-hybridized carbons (Fsp3) is 0.426. The number of nitrogens with zero attached hydrogens (tertiary/aromatic N) is 2. The van der Waals surface area contributed by atoms with Gasteiger partial charge in [0.05, 0.1) is 34.8 Å². The number of carboxylic acids is 1. The molecule has 4 aromatic rings. The molecule has 0 bridgehead atoms. The van der Waals surface area contributed by atoms with E-state index in [2.05, 4.69) is 42.5 Å². The van der Waals surface area contributed by atoms with Crippen molar-refractivity contribution in [3.05, 3.63) is 117 Å². The first-order chi connectivity index (χ1) is 30.6. The van der Waals surface area contributed by atoms with Gasteiger partial charge < -0.3 is 45.5 Å². The van der Waals surface area contributed by atoms with E-state index in [4.69, 9.17) is 26.4 Å². The van der Waals surface area contributed by atoms with E-state index < -0.39 is 42.6 Å². The van der Waals surface area contributed by atoms with Gasteiger partial charge >= 0.3 is 12.1 Å². The van der Waals surface area contributed by atoms with Crippen LogP contribution in [0, 0.1) is 17.6 Å². The Kier molecular flexibility index (Phi) is 26.2. The molecule has 0 aliphatic carbocycles. The van der Waals surface area contributed by atoms with Crippen LogP contribution < -0.4 is 25.8 Å². The summed E-state index contributed by atoms with van der Waals surface area (Å²) in [6, 6.07) is 24.1. The molecule has 0 saturated carbocycles. The molecule has 0 unspecified atom stereocenters. The minimum absolute atomic E-state index is 0.181. The second-order valence-corrected chi connectivity index (χ2v) is 17.6. The highest BCUT2D eigenvalue weighted by molar-refractivity contribution is 9.10. The third kappa shape index (κ3) is 24.3. The topological polar surface area (TPSA) is 156 Å². The molecule has 0 fully saturated rings. The molecule has 5 N–H and O–H groups in total. The van der Waals surface area contributed by atoms with E-state index in [-0.39, 0.29) is 21.9 Å². The molecule has 4 rings (SSSR count). The number of hydrogen-bond donors (Lipinski definition) is 4. The molecular formula is C47H64Br2F3N5O7. The number of nitrogen functional groups attached to an aromatic ring is 1. The van der Waals surface area contributed by atoms with Gasteiger partial charge in [0.1, 0.15) is 48.0 Å². The maximum atomic E-state index is 14.3. The summed E-state index contributed by atoms with van der Waals surface area (Å²) >= 11 is 6.24. The largest absolute Gasteiger partial charge is 0.490 e. The van der Waals surface area contributed by atoms with Gasteiger partial charge in [-0.2, -0.15) is 0 Å². The van der Waals surface area contributed by atoms with Crippen molar-refractivity contribution in [3.63, 3.8) is 0 Å². The number of ether oxygens (including phenoxy) is 3. The van der Waals surface area contributed by atoms with Crippen LogP contribution in [0.4, 0.5) is 29.3 Å². The zero-order valence-electron chi connectivity index (χ0n) is 38.9. The number of anilines is 2. The van der Waals surface area contributed by atoms with E-state index >= 15 is 0 Å². The fourth-order valence-corrected chi connectivity index (χ4v) is 5.78. The Bertz CT molecular complexity index is 2020. The van der Waals surface area contributed by atoms with Gasteiger partial charge in [-0.25, -0.2) is 13.6 Å². The summed E-state index contributed by atoms with van der Waals surface area (Å²) in [5, 5.41) is 14.0. The lowest BCUT2D eigenvalue weighted by Gasteiger charge is -2.24. The molecule has 0 heterocycles. The number of likely N-dealkylation sites (N-methyl/N-ethyl adjacent to an activating group) is 2. The van der Waals surface area contributed by atoms with Gasteiger partial charge in [-0.3, -0.25) is 14.0 Å². The number of hydrogen-bond acceptors (Lipinski definition) is 9. The van der Waals surface area contributed by atoms with E-state index in [9.17, 15) is 27.6 Å². The summed E-state index contributed by atoms with van der Waals surface area (Å²) in [5.41, 5.74) is 7.61. The number of nitrogens with two attached hydrogens (primary N) is 1. The van der Waals surface area contributed by atoms with Gasteiger partial charge in [0.2, 0.25) is 5.91 Å². The Morgan fingerprint density at radius 1 is 0.797 bits per heavy atom. The number of aryl methyl sites for hydroxylation is 2. The van der Waals surface area contributed by atoms with Crippen molar-refractivity contribution < 1.29 is 48.2 Å². The summed E-state index contributed by atoms with van der Waals surface area (Å²) in [5.74, 6) is -1.56. The average molecular weight is 1030 g/mol. The number of carboxylic acid groups (broad SMARTS) is 1. The number of aliphatic carboxylic acids is 1. The third-order valence-electron chi connectivity index (χ3n) is 8.63. The molecule has 354 valence electrons. The molecule has 4 aromatic carbocycles. The van der Waals surface area contributed by atoms with Crippen LogP contribution >= 0.6 is 31.9 Å². The molecule has 64 heavy (non-hydrogen) atoms. The number of alkyl halides is 1. The number of benzene rings is 4. The Labute approximate surface area is 394 Å². The van der Waals surface area contributed by atoms with Gasteiger partial charge in [0.15, 0.2) is 0 Å². The van der Waals surface area contributed by atoms with Gasteiger partial charge in [-0.1, -0.05) is 67.6 Å². The number of halogens is 5. The maximum Gasteiger partial charge on any atom is 0.408 e. The van der Waals surface area contributed by atoms with Crippen molar-refractivity contribution in [2.24, 2.45) is 5.92 Å². The van der Waals surface area contributed by atoms with Crippen molar-refractivity contribution in [2.45, 2.75) is 65.0 Å². The summed E-state index contributed by atoms with van der Waals surface area (Å²) in [7, 11) is 6.72. The van der Waals surface area contributed by atoms with E-state index in [1.807, 2.05) is 98.7 Å². The fourth-order valence-electron chi connectivity index (χ4n) is 5.14. The molecule has 12 nitrogen and oxygen atoms in total. The lowest BCUT2D eigenvalue weighted by atomic mass is 10.0. The molecule has 0 aromatic heterocycles. The molecule has 17 heteroatoms. The van der Waals surface area contributed by atoms with Gasteiger partial charge in [0.25, 0.3) is 0 Å². The van der Waals surface area contributed by atoms with Crippen LogP contribution in [0.25, 0.3) is 0 Å². The van der Waals surface area contributed by atoms with Crippen LogP contribution in [-0.4, -0.2) is 106 Å². The summed E-state index contributed by atoms with van der Waals surface area (Å²) in [6.07, 6.45) is 1.72. The first kappa shape index (κ1) is 55.3. The zero-order valence-corrected chi connectivity index (χ0v) is 41.0. The predicted molar refractivity (Wildman–Crippen MR) is 256 cm³/mol. The van der Waals surface area contributed by atoms with E-state index in [1.54, 1.807) is 33.8 Å². The van der Waals surface area contributed by atoms with E-state index in [0.717, 1.165) is 18.5 Å². The van der Waals surface area contributed by atoms with Crippen molar-refractivity contribution >= 4 is 61.2 Å². The Morgan fingerprint density at radius 3 is 1.72 bits per heavy atom. The smallest absolute Gasteiger partial charge is 0.408 e. The summed E-state index contributed by atoms with van der Waals surface area (Å²) < 4.78 is 59.9. The van der Waals surface area contributed by atoms with Crippen LogP contribution in [0.3, 0.4) is 0 Å². The molecule has 0 radical (unpaired) electrons. The molecule has 0 aliphatic rings. The van der Waals surface area contributed by atoms with E-state index in [1.165, 1.54) is 23.8 Å². The van der Waals surface area contributed by atoms with Crippen molar-refractivity contribution in [2.75, 3.05) is 72.7 Å². The van der Waals surface area contributed by atoms with Crippen LogP contribution in [0.2, 0.25) is 0 Å². The van der Waals surface area contributed by atoms with Crippen LogP contribution in [0.1, 0.15) is 53.0 Å². The number of carbonyl (C=O) groups excluding carboxylic acids is 2. The van der Waals surface area contributed by atoms with Gasteiger partial charge in [0, 0.05) is 25.2 Å². The lowest BCUT2D eigenvalue weighted by Crippen LogP contribution is -2.46. The number of amides is 2. The highest BCUT2D eigenvalue weighted by Gasteiger charge is 2.26. The van der Waals surface area contributed by atoms with Gasteiger partial charge in [-0.15, -0.1) is 0 Å². The van der Waals surface area contributed by atoms with Crippen LogP contribution in [0.5, 0.6) is 11.5 Å². The minimum Gasteiger partial charge on any atom is -0.490 e. The third-order valence-corrected chi connectivity index (χ3v) is 9.84. The Hall–Kier alpha value is -4.84. The van der Waals surface area contributed by atoms with Crippen molar-refractivity contribution in [3.8, 4) is 11.5 Å². The number of rotatable bonds is 18. The van der Waals surface area contributed by atoms with Crippen LogP contribution in [-0.2, 0) is 27.2 Å². The Morgan fingerprint density at radius 2 is 1.25 bits per heavy atom. The highest BCUT2D eigenvalue weighted by atomic mass is 79.9. The normalized spacial score (nSPS) is 11.8. The maximum absolute atomic E-state index is 14.3. The summed E-state index contributed by atoms with van der Waals surface area (Å²) in [6.45, 7) is 9.27. The zero-order chi connectivity index (χ0) is 49.1. The first-order valence-corrected chi connectivity index (χ1v) is 21.9. The molecule has 0 spiro atoms. The van der Waals surface area contributed by atoms with Crippen molar-refractivity contribution in [1.82, 2.24) is 15.1 Å². The predicted octanol–water partition coefficient (Wildman–Crippen LogP) is 10.0. The monoisotopic (exact) mass is 1030 g/mol. The summed E-state index contributed by atoms with van der Waals surface area (Å²) in [4.78, 5) is 40.0. The molecule has 0 aliphatic heterocycles. The second-order valence-electron chi connectivity index (χ2n) is 15.8.